The molecule has 2 aromatic rings. The van der Waals surface area contributed by atoms with Gasteiger partial charge in [-0.05, 0) is 44.9 Å². The molecule has 1 aromatic carbocycles. The zero-order chi connectivity index (χ0) is 18.0. The third kappa shape index (κ3) is 3.69. The Balaban J connectivity index is 1.74. The summed E-state index contributed by atoms with van der Waals surface area (Å²) in [6, 6.07) is 8.13. The molecule has 1 aromatic heterocycles. The Morgan fingerprint density at radius 3 is 2.80 bits per heavy atom. The Hall–Kier alpha value is -2.34. The van der Waals surface area contributed by atoms with Crippen molar-refractivity contribution >= 4 is 11.6 Å². The van der Waals surface area contributed by atoms with Gasteiger partial charge in [0.25, 0.3) is 0 Å². The number of likely N-dealkylation sites (tertiary alicyclic amines) is 1. The Bertz CT molecular complexity index is 767. The van der Waals surface area contributed by atoms with E-state index in [-0.39, 0.29) is 11.9 Å². The van der Waals surface area contributed by atoms with Crippen molar-refractivity contribution in [1.82, 2.24) is 14.7 Å². The summed E-state index contributed by atoms with van der Waals surface area (Å²) >= 11 is 0. The second-order valence-electron chi connectivity index (χ2n) is 6.81. The van der Waals surface area contributed by atoms with E-state index in [1.165, 1.54) is 16.8 Å². The summed E-state index contributed by atoms with van der Waals surface area (Å²) in [6.45, 7) is 6.52. The molecule has 0 bridgehead atoms. The molecule has 1 fully saturated rings. The normalized spacial score (nSPS) is 17.8. The number of carbonyl (C=O) groups is 1. The number of para-hydroxylation sites is 1. The number of nitrogens with two attached hydrogens (primary N) is 1. The standard InChI is InChI=1S/C19H27N5O/c1-13-16(14(2)23(3)22-13)11-21-17-8-5-4-7-15(17)12-24-10-6-9-18(24)19(20)25/h4-5,7-8,18,21H,6,9-12H2,1-3H3,(H2,20,25). The number of amides is 1. The molecular weight excluding hydrogens is 314 g/mol. The third-order valence-corrected chi connectivity index (χ3v) is 5.20. The number of carbonyl (C=O) groups excluding carboxylic acids is 1. The van der Waals surface area contributed by atoms with Gasteiger partial charge in [0.1, 0.15) is 0 Å². The molecule has 25 heavy (non-hydrogen) atoms. The van der Waals surface area contributed by atoms with Crippen LogP contribution < -0.4 is 11.1 Å². The van der Waals surface area contributed by atoms with E-state index in [1.54, 1.807) is 0 Å². The van der Waals surface area contributed by atoms with Crippen molar-refractivity contribution in [3.8, 4) is 0 Å². The lowest BCUT2D eigenvalue weighted by atomic mass is 10.1. The van der Waals surface area contributed by atoms with Crippen LogP contribution in [0, 0.1) is 13.8 Å². The summed E-state index contributed by atoms with van der Waals surface area (Å²) in [5.41, 5.74) is 11.3. The van der Waals surface area contributed by atoms with E-state index in [4.69, 9.17) is 5.73 Å². The van der Waals surface area contributed by atoms with Gasteiger partial charge < -0.3 is 11.1 Å². The molecular formula is C19H27N5O. The summed E-state index contributed by atoms with van der Waals surface area (Å²) in [5, 5.41) is 8.02. The van der Waals surface area contributed by atoms with Crippen LogP contribution in [-0.4, -0.2) is 33.2 Å². The average molecular weight is 341 g/mol. The van der Waals surface area contributed by atoms with Crippen molar-refractivity contribution < 1.29 is 4.79 Å². The number of rotatable bonds is 6. The maximum atomic E-state index is 11.6. The zero-order valence-electron chi connectivity index (χ0n) is 15.2. The summed E-state index contributed by atoms with van der Waals surface area (Å²) in [7, 11) is 1.97. The van der Waals surface area contributed by atoms with E-state index in [0.717, 1.165) is 43.9 Å². The average Bonchev–Trinajstić information content (AvgIpc) is 3.13. The highest BCUT2D eigenvalue weighted by molar-refractivity contribution is 5.80. The van der Waals surface area contributed by atoms with Gasteiger partial charge in [0, 0.05) is 37.1 Å². The Morgan fingerprint density at radius 1 is 1.36 bits per heavy atom. The van der Waals surface area contributed by atoms with Crippen LogP contribution >= 0.6 is 0 Å². The minimum Gasteiger partial charge on any atom is -0.381 e. The van der Waals surface area contributed by atoms with Gasteiger partial charge in [-0.1, -0.05) is 18.2 Å². The van der Waals surface area contributed by atoms with E-state index in [9.17, 15) is 4.79 Å². The fourth-order valence-electron chi connectivity index (χ4n) is 3.64. The SMILES string of the molecule is Cc1nn(C)c(C)c1CNc1ccccc1CN1CCCC1C(N)=O. The van der Waals surface area contributed by atoms with Crippen molar-refractivity contribution in [3.63, 3.8) is 0 Å². The first-order chi connectivity index (χ1) is 12.0. The van der Waals surface area contributed by atoms with Crippen LogP contribution in [-0.2, 0) is 24.9 Å². The first-order valence-electron chi connectivity index (χ1n) is 8.81. The highest BCUT2D eigenvalue weighted by atomic mass is 16.1. The largest absolute Gasteiger partial charge is 0.381 e. The van der Waals surface area contributed by atoms with Crippen LogP contribution in [0.1, 0.15) is 35.4 Å². The highest BCUT2D eigenvalue weighted by Crippen LogP contribution is 2.24. The van der Waals surface area contributed by atoms with Crippen molar-refractivity contribution in [1.29, 1.82) is 0 Å². The van der Waals surface area contributed by atoms with E-state index in [1.807, 2.05) is 30.8 Å². The van der Waals surface area contributed by atoms with Crippen LogP contribution in [0.15, 0.2) is 24.3 Å². The van der Waals surface area contributed by atoms with Gasteiger partial charge in [-0.2, -0.15) is 5.10 Å². The molecule has 3 N–H and O–H groups in total. The van der Waals surface area contributed by atoms with Crippen molar-refractivity contribution in [2.45, 2.75) is 45.8 Å². The van der Waals surface area contributed by atoms with Gasteiger partial charge >= 0.3 is 0 Å². The molecule has 3 rings (SSSR count). The predicted molar refractivity (Wildman–Crippen MR) is 99.1 cm³/mol. The molecule has 1 aliphatic rings. The van der Waals surface area contributed by atoms with Crippen molar-refractivity contribution in [2.75, 3.05) is 11.9 Å². The minimum atomic E-state index is -0.218. The number of hydrogen-bond donors (Lipinski definition) is 2. The van der Waals surface area contributed by atoms with E-state index < -0.39 is 0 Å². The fraction of sp³-hybridized carbons (Fsp3) is 0.474. The molecule has 1 saturated heterocycles. The molecule has 6 heteroatoms. The van der Waals surface area contributed by atoms with E-state index >= 15 is 0 Å². The summed E-state index contributed by atoms with van der Waals surface area (Å²) in [4.78, 5) is 13.8. The fourth-order valence-corrected chi connectivity index (χ4v) is 3.64. The summed E-state index contributed by atoms with van der Waals surface area (Å²) in [6.07, 6.45) is 1.89. The number of aryl methyl sites for hydroxylation is 2. The molecule has 2 heterocycles. The minimum absolute atomic E-state index is 0.143. The molecule has 1 aliphatic heterocycles. The van der Waals surface area contributed by atoms with Crippen molar-refractivity contribution in [2.24, 2.45) is 12.8 Å². The maximum absolute atomic E-state index is 11.6. The third-order valence-electron chi connectivity index (χ3n) is 5.20. The van der Waals surface area contributed by atoms with Gasteiger partial charge in [0.15, 0.2) is 0 Å². The Labute approximate surface area is 149 Å². The quantitative estimate of drug-likeness (QED) is 0.844. The monoisotopic (exact) mass is 341 g/mol. The lowest BCUT2D eigenvalue weighted by Crippen LogP contribution is -2.39. The number of primary amides is 1. The second kappa shape index (κ2) is 7.27. The van der Waals surface area contributed by atoms with Crippen LogP contribution in [0.4, 0.5) is 5.69 Å². The van der Waals surface area contributed by atoms with Gasteiger partial charge in [0.2, 0.25) is 5.91 Å². The number of hydrogen-bond acceptors (Lipinski definition) is 4. The first-order valence-corrected chi connectivity index (χ1v) is 8.81. The number of aromatic nitrogens is 2. The number of nitrogens with zero attached hydrogens (tertiary/aromatic N) is 3. The number of benzene rings is 1. The molecule has 1 amide bonds. The highest BCUT2D eigenvalue weighted by Gasteiger charge is 2.29. The molecule has 1 unspecified atom stereocenters. The molecule has 0 aliphatic carbocycles. The van der Waals surface area contributed by atoms with Crippen LogP contribution in [0.5, 0.6) is 0 Å². The lowest BCUT2D eigenvalue weighted by Gasteiger charge is -2.23. The van der Waals surface area contributed by atoms with Gasteiger partial charge in [-0.15, -0.1) is 0 Å². The Kier molecular flexibility index (Phi) is 5.08. The van der Waals surface area contributed by atoms with Gasteiger partial charge in [-0.3, -0.25) is 14.4 Å². The molecule has 0 radical (unpaired) electrons. The molecule has 0 saturated carbocycles. The predicted octanol–water partition coefficient (Wildman–Crippen LogP) is 2.10. The molecule has 1 atom stereocenters. The maximum Gasteiger partial charge on any atom is 0.234 e. The van der Waals surface area contributed by atoms with Crippen LogP contribution in [0.3, 0.4) is 0 Å². The van der Waals surface area contributed by atoms with E-state index in [0.29, 0.717) is 0 Å². The first kappa shape index (κ1) is 17.5. The Morgan fingerprint density at radius 2 is 2.12 bits per heavy atom. The topological polar surface area (TPSA) is 76.2 Å². The molecule has 6 nitrogen and oxygen atoms in total. The van der Waals surface area contributed by atoms with E-state index in [2.05, 4.69) is 34.4 Å². The smallest absolute Gasteiger partial charge is 0.234 e. The molecule has 134 valence electrons. The lowest BCUT2D eigenvalue weighted by molar-refractivity contribution is -0.122. The second-order valence-corrected chi connectivity index (χ2v) is 6.81. The molecule has 0 spiro atoms. The zero-order valence-corrected chi connectivity index (χ0v) is 15.2. The number of anilines is 1. The van der Waals surface area contributed by atoms with Crippen LogP contribution in [0.2, 0.25) is 0 Å². The van der Waals surface area contributed by atoms with Crippen LogP contribution in [0.25, 0.3) is 0 Å². The summed E-state index contributed by atoms with van der Waals surface area (Å²) in [5.74, 6) is -0.218. The van der Waals surface area contributed by atoms with Crippen molar-refractivity contribution in [3.05, 3.63) is 46.8 Å². The summed E-state index contributed by atoms with van der Waals surface area (Å²) < 4.78 is 1.92. The van der Waals surface area contributed by atoms with Gasteiger partial charge in [0.05, 0.1) is 11.7 Å². The van der Waals surface area contributed by atoms with Gasteiger partial charge in [-0.25, -0.2) is 0 Å². The number of nitrogens with one attached hydrogen (secondary N) is 1.